The molecular weight excluding hydrogens is 312 g/mol. The summed E-state index contributed by atoms with van der Waals surface area (Å²) in [7, 11) is 0. The Morgan fingerprint density at radius 1 is 1.39 bits per heavy atom. The highest BCUT2D eigenvalue weighted by Gasteiger charge is 2.34. The van der Waals surface area contributed by atoms with Gasteiger partial charge in [0.25, 0.3) is 0 Å². The highest BCUT2D eigenvalue weighted by atomic mass is 79.9. The summed E-state index contributed by atoms with van der Waals surface area (Å²) in [6.07, 6.45) is 2.70. The second-order valence-electron chi connectivity index (χ2n) is 5.39. The van der Waals surface area contributed by atoms with Crippen molar-refractivity contribution in [1.82, 2.24) is 10.2 Å². The molecule has 0 aromatic heterocycles. The second-order valence-corrected chi connectivity index (χ2v) is 6.72. The minimum Gasteiger partial charge on any atom is -0.312 e. The Kier molecular flexibility index (Phi) is 3.94. The third kappa shape index (κ3) is 2.74. The van der Waals surface area contributed by atoms with Crippen molar-refractivity contribution in [1.29, 1.82) is 0 Å². The molecule has 98 valence electrons. The van der Waals surface area contributed by atoms with Crippen molar-refractivity contribution >= 4 is 27.5 Å². The molecule has 2 saturated heterocycles. The predicted octanol–water partition coefficient (Wildman–Crippen LogP) is 3.29. The number of hydrogen-bond donors (Lipinski definition) is 1. The summed E-state index contributed by atoms with van der Waals surface area (Å²) < 4.78 is 1.05. The number of piperidine rings is 1. The van der Waals surface area contributed by atoms with Gasteiger partial charge in [0.05, 0.1) is 0 Å². The molecule has 0 bridgehead atoms. The van der Waals surface area contributed by atoms with Crippen LogP contribution in [-0.4, -0.2) is 30.6 Å². The van der Waals surface area contributed by atoms with Gasteiger partial charge in [0, 0.05) is 35.2 Å². The maximum Gasteiger partial charge on any atom is 0.0462 e. The topological polar surface area (TPSA) is 15.3 Å². The van der Waals surface area contributed by atoms with Crippen molar-refractivity contribution in [3.8, 4) is 0 Å². The monoisotopic (exact) mass is 328 g/mol. The van der Waals surface area contributed by atoms with Crippen LogP contribution >= 0.6 is 27.5 Å². The molecule has 1 aromatic rings. The molecule has 0 radical (unpaired) electrons. The summed E-state index contributed by atoms with van der Waals surface area (Å²) >= 11 is 9.74. The van der Waals surface area contributed by atoms with Gasteiger partial charge in [-0.15, -0.1) is 0 Å². The Balaban J connectivity index is 1.66. The van der Waals surface area contributed by atoms with Crippen molar-refractivity contribution < 1.29 is 0 Å². The van der Waals surface area contributed by atoms with Crippen molar-refractivity contribution in [2.45, 2.75) is 25.4 Å². The number of likely N-dealkylation sites (tertiary alicyclic amines) is 1. The largest absolute Gasteiger partial charge is 0.312 e. The van der Waals surface area contributed by atoms with Gasteiger partial charge in [-0.1, -0.05) is 33.6 Å². The summed E-state index contributed by atoms with van der Waals surface area (Å²) in [4.78, 5) is 2.53. The normalized spacial score (nSPS) is 28.3. The SMILES string of the molecule is Clc1cc(Br)ccc1CN1C[C@@H]2CCCN[C@@H]2C1. The van der Waals surface area contributed by atoms with Gasteiger partial charge in [0.15, 0.2) is 0 Å². The minimum absolute atomic E-state index is 0.702. The molecule has 2 aliphatic heterocycles. The van der Waals surface area contributed by atoms with Gasteiger partial charge in [-0.3, -0.25) is 4.90 Å². The number of nitrogens with one attached hydrogen (secondary N) is 1. The molecule has 2 fully saturated rings. The van der Waals surface area contributed by atoms with Gasteiger partial charge in [-0.25, -0.2) is 0 Å². The molecule has 18 heavy (non-hydrogen) atoms. The number of fused-ring (bicyclic) bond motifs is 1. The van der Waals surface area contributed by atoms with E-state index in [0.29, 0.717) is 6.04 Å². The molecule has 0 spiro atoms. The van der Waals surface area contributed by atoms with Crippen LogP contribution in [-0.2, 0) is 6.54 Å². The molecule has 1 N–H and O–H groups in total. The third-order valence-corrected chi connectivity index (χ3v) is 4.93. The van der Waals surface area contributed by atoms with Crippen LogP contribution in [0, 0.1) is 5.92 Å². The van der Waals surface area contributed by atoms with Gasteiger partial charge in [-0.2, -0.15) is 0 Å². The molecule has 0 saturated carbocycles. The van der Waals surface area contributed by atoms with Crippen LogP contribution in [0.25, 0.3) is 0 Å². The van der Waals surface area contributed by atoms with E-state index in [1.807, 2.05) is 6.07 Å². The molecule has 2 heterocycles. The lowest BCUT2D eigenvalue weighted by molar-refractivity contribution is 0.313. The number of hydrogen-bond acceptors (Lipinski definition) is 2. The van der Waals surface area contributed by atoms with E-state index in [1.165, 1.54) is 31.5 Å². The summed E-state index contributed by atoms with van der Waals surface area (Å²) in [5.41, 5.74) is 1.23. The standard InChI is InChI=1S/C14H18BrClN2/c15-12-4-3-10(13(16)6-12)7-18-8-11-2-1-5-17-14(11)9-18/h3-4,6,11,14,17H,1-2,5,7-9H2/t11-,14+/m0/s1. The zero-order valence-electron chi connectivity index (χ0n) is 10.3. The van der Waals surface area contributed by atoms with E-state index in [1.54, 1.807) is 0 Å². The van der Waals surface area contributed by atoms with Crippen LogP contribution in [0.2, 0.25) is 5.02 Å². The second kappa shape index (κ2) is 5.49. The molecule has 0 aliphatic carbocycles. The van der Waals surface area contributed by atoms with Gasteiger partial charge in [-0.05, 0) is 43.0 Å². The lowest BCUT2D eigenvalue weighted by Gasteiger charge is -2.24. The average molecular weight is 330 g/mol. The van der Waals surface area contributed by atoms with E-state index in [-0.39, 0.29) is 0 Å². The van der Waals surface area contributed by atoms with Gasteiger partial charge in [0.2, 0.25) is 0 Å². The molecule has 1 aromatic carbocycles. The van der Waals surface area contributed by atoms with Crippen molar-refractivity contribution in [3.05, 3.63) is 33.3 Å². The Morgan fingerprint density at radius 3 is 3.06 bits per heavy atom. The molecule has 0 unspecified atom stereocenters. The zero-order chi connectivity index (χ0) is 12.5. The minimum atomic E-state index is 0.702. The van der Waals surface area contributed by atoms with E-state index in [9.17, 15) is 0 Å². The lowest BCUT2D eigenvalue weighted by Crippen LogP contribution is -2.40. The van der Waals surface area contributed by atoms with E-state index in [2.05, 4.69) is 38.3 Å². The molecule has 2 aliphatic rings. The van der Waals surface area contributed by atoms with E-state index < -0.39 is 0 Å². The van der Waals surface area contributed by atoms with Crippen LogP contribution < -0.4 is 5.32 Å². The maximum absolute atomic E-state index is 6.29. The highest BCUT2D eigenvalue weighted by Crippen LogP contribution is 2.28. The van der Waals surface area contributed by atoms with Crippen molar-refractivity contribution in [2.24, 2.45) is 5.92 Å². The van der Waals surface area contributed by atoms with Crippen LogP contribution in [0.5, 0.6) is 0 Å². The first-order valence-electron chi connectivity index (χ1n) is 6.62. The van der Waals surface area contributed by atoms with Crippen LogP contribution in [0.4, 0.5) is 0 Å². The van der Waals surface area contributed by atoms with E-state index >= 15 is 0 Å². The Bertz CT molecular complexity index is 424. The van der Waals surface area contributed by atoms with Crippen LogP contribution in [0.15, 0.2) is 22.7 Å². The quantitative estimate of drug-likeness (QED) is 0.896. The number of nitrogens with zero attached hydrogens (tertiary/aromatic N) is 1. The fourth-order valence-electron chi connectivity index (χ4n) is 3.16. The van der Waals surface area contributed by atoms with E-state index in [4.69, 9.17) is 11.6 Å². The number of rotatable bonds is 2. The molecule has 3 rings (SSSR count). The predicted molar refractivity (Wildman–Crippen MR) is 78.9 cm³/mol. The molecule has 0 amide bonds. The number of halogens is 2. The first kappa shape index (κ1) is 12.9. The zero-order valence-corrected chi connectivity index (χ0v) is 12.7. The Labute approximate surface area is 122 Å². The lowest BCUT2D eigenvalue weighted by atomic mass is 9.94. The molecule has 2 nitrogen and oxygen atoms in total. The fourth-order valence-corrected chi connectivity index (χ4v) is 3.89. The summed E-state index contributed by atoms with van der Waals surface area (Å²) in [5, 5.41) is 4.51. The maximum atomic E-state index is 6.29. The van der Waals surface area contributed by atoms with Crippen LogP contribution in [0.1, 0.15) is 18.4 Å². The Morgan fingerprint density at radius 2 is 2.28 bits per heavy atom. The van der Waals surface area contributed by atoms with Crippen molar-refractivity contribution in [2.75, 3.05) is 19.6 Å². The van der Waals surface area contributed by atoms with Gasteiger partial charge in [0.1, 0.15) is 0 Å². The van der Waals surface area contributed by atoms with Gasteiger partial charge >= 0.3 is 0 Å². The summed E-state index contributed by atoms with van der Waals surface area (Å²) in [6, 6.07) is 6.89. The molecule has 4 heteroatoms. The summed E-state index contributed by atoms with van der Waals surface area (Å²) in [5.74, 6) is 0.841. The first-order chi connectivity index (χ1) is 8.72. The first-order valence-corrected chi connectivity index (χ1v) is 7.79. The van der Waals surface area contributed by atoms with Crippen molar-refractivity contribution in [3.63, 3.8) is 0 Å². The molecule has 2 atom stereocenters. The highest BCUT2D eigenvalue weighted by molar-refractivity contribution is 9.10. The van der Waals surface area contributed by atoms with Gasteiger partial charge < -0.3 is 5.32 Å². The number of benzene rings is 1. The van der Waals surface area contributed by atoms with E-state index in [0.717, 1.165) is 28.5 Å². The average Bonchev–Trinajstić information content (AvgIpc) is 2.75. The summed E-state index contributed by atoms with van der Waals surface area (Å²) in [6.45, 7) is 4.54. The smallest absolute Gasteiger partial charge is 0.0462 e. The Hall–Kier alpha value is -0.0900. The third-order valence-electron chi connectivity index (χ3n) is 4.08. The fraction of sp³-hybridized carbons (Fsp3) is 0.571. The molecular formula is C14H18BrClN2. The van der Waals surface area contributed by atoms with Crippen LogP contribution in [0.3, 0.4) is 0 Å².